The summed E-state index contributed by atoms with van der Waals surface area (Å²) in [6.45, 7) is 8.00. The molecule has 134 valence electrons. The second-order valence-corrected chi connectivity index (χ2v) is 6.76. The van der Waals surface area contributed by atoms with Crippen LogP contribution in [0.25, 0.3) is 0 Å². The van der Waals surface area contributed by atoms with E-state index < -0.39 is 0 Å². The highest BCUT2D eigenvalue weighted by Crippen LogP contribution is 2.22. The number of urea groups is 1. The molecule has 2 heterocycles. The highest BCUT2D eigenvalue weighted by atomic mass is 16.2. The van der Waals surface area contributed by atoms with Crippen molar-refractivity contribution in [2.75, 3.05) is 11.4 Å². The van der Waals surface area contributed by atoms with Gasteiger partial charge in [-0.15, -0.1) is 10.2 Å². The second kappa shape index (κ2) is 7.68. The molecule has 3 rings (SSSR count). The summed E-state index contributed by atoms with van der Waals surface area (Å²) in [5.41, 5.74) is 3.18. The molecule has 0 aliphatic carbocycles. The Labute approximate surface area is 149 Å². The number of carbonyl (C=O) groups excluding carboxylic acids is 1. The Morgan fingerprint density at radius 2 is 1.92 bits per heavy atom. The Bertz CT molecular complexity index is 732. The first-order valence-corrected chi connectivity index (χ1v) is 9.13. The van der Waals surface area contributed by atoms with E-state index in [1.807, 2.05) is 19.1 Å². The van der Waals surface area contributed by atoms with Crippen LogP contribution >= 0.6 is 0 Å². The van der Waals surface area contributed by atoms with Crippen LogP contribution in [0.15, 0.2) is 18.2 Å². The van der Waals surface area contributed by atoms with E-state index in [0.29, 0.717) is 13.1 Å². The Morgan fingerprint density at radius 1 is 1.16 bits per heavy atom. The quantitative estimate of drug-likeness (QED) is 0.927. The number of amides is 2. The van der Waals surface area contributed by atoms with Crippen LogP contribution < -0.4 is 10.2 Å². The molecule has 1 aromatic heterocycles. The number of rotatable bonds is 4. The van der Waals surface area contributed by atoms with Crippen molar-refractivity contribution in [1.82, 2.24) is 20.1 Å². The lowest BCUT2D eigenvalue weighted by atomic mass is 10.1. The summed E-state index contributed by atoms with van der Waals surface area (Å²) in [6, 6.07) is 6.10. The fraction of sp³-hybridized carbons (Fsp3) is 0.526. The van der Waals surface area contributed by atoms with Gasteiger partial charge in [0.15, 0.2) is 5.82 Å². The zero-order valence-corrected chi connectivity index (χ0v) is 15.4. The molecule has 0 saturated carbocycles. The summed E-state index contributed by atoms with van der Waals surface area (Å²) in [5.74, 6) is 1.91. The number of hydrogen-bond donors (Lipinski definition) is 1. The summed E-state index contributed by atoms with van der Waals surface area (Å²) < 4.78 is 2.20. The standard InChI is InChI=1S/C19H27N5O/c1-4-20-19(25)24(16-11-14(2)10-15(3)12-16)13-18-22-21-17-8-6-5-7-9-23(17)18/h10-12H,4-9,13H2,1-3H3,(H,20,25). The van der Waals surface area contributed by atoms with Crippen LogP contribution in [0.1, 0.15) is 49.0 Å². The molecule has 1 aliphatic heterocycles. The van der Waals surface area contributed by atoms with E-state index in [9.17, 15) is 4.79 Å². The smallest absolute Gasteiger partial charge is 0.322 e. The molecule has 2 aromatic rings. The molecule has 1 aliphatic rings. The third kappa shape index (κ3) is 4.00. The van der Waals surface area contributed by atoms with Crippen LogP contribution in [-0.2, 0) is 19.5 Å². The molecular formula is C19H27N5O. The van der Waals surface area contributed by atoms with E-state index in [2.05, 4.69) is 40.0 Å². The Kier molecular flexibility index (Phi) is 5.36. The number of nitrogens with one attached hydrogen (secondary N) is 1. The molecule has 0 unspecified atom stereocenters. The number of anilines is 1. The fourth-order valence-electron chi connectivity index (χ4n) is 3.44. The molecule has 0 radical (unpaired) electrons. The van der Waals surface area contributed by atoms with Gasteiger partial charge in [0.05, 0.1) is 6.54 Å². The minimum Gasteiger partial charge on any atom is -0.338 e. The van der Waals surface area contributed by atoms with Crippen molar-refractivity contribution in [3.63, 3.8) is 0 Å². The lowest BCUT2D eigenvalue weighted by Gasteiger charge is -2.24. The van der Waals surface area contributed by atoms with Crippen molar-refractivity contribution in [1.29, 1.82) is 0 Å². The number of nitrogens with zero attached hydrogens (tertiary/aromatic N) is 4. The Hall–Kier alpha value is -2.37. The summed E-state index contributed by atoms with van der Waals surface area (Å²) in [7, 11) is 0. The lowest BCUT2D eigenvalue weighted by Crippen LogP contribution is -2.40. The summed E-state index contributed by atoms with van der Waals surface area (Å²) in [5, 5.41) is 11.7. The van der Waals surface area contributed by atoms with E-state index in [-0.39, 0.29) is 6.03 Å². The molecule has 0 spiro atoms. The van der Waals surface area contributed by atoms with E-state index in [0.717, 1.165) is 54.3 Å². The zero-order valence-electron chi connectivity index (χ0n) is 15.4. The predicted molar refractivity (Wildman–Crippen MR) is 98.7 cm³/mol. The van der Waals surface area contributed by atoms with Gasteiger partial charge in [0.25, 0.3) is 0 Å². The number of aromatic nitrogens is 3. The Morgan fingerprint density at radius 3 is 2.64 bits per heavy atom. The largest absolute Gasteiger partial charge is 0.338 e. The summed E-state index contributed by atoms with van der Waals surface area (Å²) in [4.78, 5) is 14.5. The number of carbonyl (C=O) groups is 1. The molecule has 6 heteroatoms. The highest BCUT2D eigenvalue weighted by Gasteiger charge is 2.21. The van der Waals surface area contributed by atoms with Crippen molar-refractivity contribution < 1.29 is 4.79 Å². The van der Waals surface area contributed by atoms with Crippen LogP contribution in [0.3, 0.4) is 0 Å². The van der Waals surface area contributed by atoms with Gasteiger partial charge in [0.1, 0.15) is 5.82 Å². The van der Waals surface area contributed by atoms with Crippen LogP contribution in [-0.4, -0.2) is 27.3 Å². The minimum absolute atomic E-state index is 0.0986. The maximum atomic E-state index is 12.7. The van der Waals surface area contributed by atoms with Crippen LogP contribution in [0, 0.1) is 13.8 Å². The molecule has 0 atom stereocenters. The first kappa shape index (κ1) is 17.5. The van der Waals surface area contributed by atoms with E-state index in [1.165, 1.54) is 6.42 Å². The highest BCUT2D eigenvalue weighted by molar-refractivity contribution is 5.92. The first-order chi connectivity index (χ1) is 12.1. The van der Waals surface area contributed by atoms with E-state index in [1.54, 1.807) is 4.90 Å². The average molecular weight is 341 g/mol. The molecule has 0 saturated heterocycles. The molecule has 2 amide bonds. The van der Waals surface area contributed by atoms with Crippen LogP contribution in [0.5, 0.6) is 0 Å². The first-order valence-electron chi connectivity index (χ1n) is 9.13. The minimum atomic E-state index is -0.0986. The number of hydrogen-bond acceptors (Lipinski definition) is 3. The Balaban J connectivity index is 1.93. The van der Waals surface area contributed by atoms with Crippen molar-refractivity contribution in [3.05, 3.63) is 41.0 Å². The lowest BCUT2D eigenvalue weighted by molar-refractivity contribution is 0.246. The molecule has 0 fully saturated rings. The number of benzene rings is 1. The third-order valence-electron chi connectivity index (χ3n) is 4.58. The SMILES string of the molecule is CCNC(=O)N(Cc1nnc2n1CCCCC2)c1cc(C)cc(C)c1. The zero-order chi connectivity index (χ0) is 17.8. The monoisotopic (exact) mass is 341 g/mol. The molecule has 25 heavy (non-hydrogen) atoms. The second-order valence-electron chi connectivity index (χ2n) is 6.76. The molecule has 6 nitrogen and oxygen atoms in total. The van der Waals surface area contributed by atoms with Gasteiger partial charge in [-0.1, -0.05) is 12.5 Å². The molecule has 1 N–H and O–H groups in total. The maximum Gasteiger partial charge on any atom is 0.322 e. The van der Waals surface area contributed by atoms with Gasteiger partial charge in [-0.3, -0.25) is 4.90 Å². The van der Waals surface area contributed by atoms with Crippen molar-refractivity contribution in [2.45, 2.75) is 59.5 Å². The van der Waals surface area contributed by atoms with Crippen LogP contribution in [0.4, 0.5) is 10.5 Å². The topological polar surface area (TPSA) is 63.1 Å². The van der Waals surface area contributed by atoms with Gasteiger partial charge in [0.2, 0.25) is 0 Å². The fourth-order valence-corrected chi connectivity index (χ4v) is 3.44. The normalized spacial score (nSPS) is 13.9. The molecule has 0 bridgehead atoms. The van der Waals surface area contributed by atoms with Gasteiger partial charge < -0.3 is 9.88 Å². The molecule has 1 aromatic carbocycles. The number of fused-ring (bicyclic) bond motifs is 1. The van der Waals surface area contributed by atoms with Gasteiger partial charge in [-0.2, -0.15) is 0 Å². The summed E-state index contributed by atoms with van der Waals surface area (Å²) in [6.07, 6.45) is 4.50. The summed E-state index contributed by atoms with van der Waals surface area (Å²) >= 11 is 0. The van der Waals surface area contributed by atoms with Gasteiger partial charge in [0, 0.05) is 25.2 Å². The van der Waals surface area contributed by atoms with Gasteiger partial charge >= 0.3 is 6.03 Å². The maximum absolute atomic E-state index is 12.7. The molecular weight excluding hydrogens is 314 g/mol. The van der Waals surface area contributed by atoms with Crippen molar-refractivity contribution in [2.24, 2.45) is 0 Å². The predicted octanol–water partition coefficient (Wildman–Crippen LogP) is 3.36. The number of aryl methyl sites for hydroxylation is 3. The van der Waals surface area contributed by atoms with Crippen LogP contribution in [0.2, 0.25) is 0 Å². The van der Waals surface area contributed by atoms with Gasteiger partial charge in [-0.05, 0) is 56.9 Å². The van der Waals surface area contributed by atoms with E-state index >= 15 is 0 Å². The van der Waals surface area contributed by atoms with Crippen molar-refractivity contribution >= 4 is 11.7 Å². The van der Waals surface area contributed by atoms with Gasteiger partial charge in [-0.25, -0.2) is 4.79 Å². The van der Waals surface area contributed by atoms with E-state index in [4.69, 9.17) is 0 Å². The van der Waals surface area contributed by atoms with Crippen molar-refractivity contribution in [3.8, 4) is 0 Å². The average Bonchev–Trinajstić information content (AvgIpc) is 2.78. The third-order valence-corrected chi connectivity index (χ3v) is 4.58.